The Hall–Kier alpha value is -3.75. The zero-order valence-corrected chi connectivity index (χ0v) is 16.1. The maximum atomic E-state index is 13.0. The summed E-state index contributed by atoms with van der Waals surface area (Å²) in [4.78, 5) is 16.5. The van der Waals surface area contributed by atoms with Crippen LogP contribution in [0.2, 0.25) is 0 Å². The van der Waals surface area contributed by atoms with E-state index in [-0.39, 0.29) is 18.1 Å². The monoisotopic (exact) mass is 406 g/mol. The molecule has 0 bridgehead atoms. The Bertz CT molecular complexity index is 1160. The third-order valence-electron chi connectivity index (χ3n) is 5.22. The van der Waals surface area contributed by atoms with Crippen LogP contribution in [0.4, 0.5) is 10.2 Å². The molecule has 5 rings (SSSR count). The summed E-state index contributed by atoms with van der Waals surface area (Å²) in [5.74, 6) is 1.69. The van der Waals surface area contributed by atoms with Crippen LogP contribution in [0.5, 0.6) is 0 Å². The summed E-state index contributed by atoms with van der Waals surface area (Å²) in [6.45, 7) is 2.55. The van der Waals surface area contributed by atoms with E-state index < -0.39 is 0 Å². The van der Waals surface area contributed by atoms with E-state index >= 15 is 0 Å². The van der Waals surface area contributed by atoms with E-state index in [0.29, 0.717) is 43.4 Å². The third kappa shape index (κ3) is 3.49. The van der Waals surface area contributed by atoms with Crippen LogP contribution in [-0.4, -0.2) is 56.8 Å². The number of furan rings is 1. The van der Waals surface area contributed by atoms with Crippen LogP contribution in [0.15, 0.2) is 59.2 Å². The van der Waals surface area contributed by atoms with Crippen LogP contribution in [0.25, 0.3) is 17.2 Å². The van der Waals surface area contributed by atoms with Crippen molar-refractivity contribution in [3.8, 4) is 11.6 Å². The molecule has 30 heavy (non-hydrogen) atoms. The number of rotatable bonds is 4. The van der Waals surface area contributed by atoms with Gasteiger partial charge in [-0.3, -0.25) is 4.79 Å². The lowest BCUT2D eigenvalue weighted by Crippen LogP contribution is -2.49. The maximum absolute atomic E-state index is 13.0. The van der Waals surface area contributed by atoms with Crippen molar-refractivity contribution in [1.29, 1.82) is 0 Å². The van der Waals surface area contributed by atoms with E-state index in [2.05, 4.69) is 20.2 Å². The fraction of sp³-hybridized carbons (Fsp3) is 0.238. The Balaban J connectivity index is 1.27. The fourth-order valence-electron chi connectivity index (χ4n) is 3.58. The van der Waals surface area contributed by atoms with Crippen LogP contribution < -0.4 is 4.90 Å². The number of hydrogen-bond acceptors (Lipinski definition) is 6. The fourth-order valence-corrected chi connectivity index (χ4v) is 3.58. The summed E-state index contributed by atoms with van der Waals surface area (Å²) in [6.07, 6.45) is 1.86. The molecule has 152 valence electrons. The van der Waals surface area contributed by atoms with Gasteiger partial charge in [0.25, 0.3) is 0 Å². The molecule has 1 aliphatic rings. The molecule has 0 N–H and O–H groups in total. The molecule has 4 aromatic rings. The minimum Gasteiger partial charge on any atom is -0.461 e. The summed E-state index contributed by atoms with van der Waals surface area (Å²) in [5, 5.41) is 13.0. The molecule has 1 fully saturated rings. The van der Waals surface area contributed by atoms with Crippen LogP contribution in [-0.2, 0) is 11.2 Å². The zero-order valence-electron chi connectivity index (χ0n) is 16.1. The second kappa shape index (κ2) is 7.58. The van der Waals surface area contributed by atoms with Gasteiger partial charge >= 0.3 is 0 Å². The van der Waals surface area contributed by atoms with Gasteiger partial charge in [-0.15, -0.1) is 15.3 Å². The molecule has 0 unspecified atom stereocenters. The number of carbonyl (C=O) groups is 1. The summed E-state index contributed by atoms with van der Waals surface area (Å²) in [6, 6.07) is 13.4. The Morgan fingerprint density at radius 2 is 1.80 bits per heavy atom. The number of halogens is 1. The van der Waals surface area contributed by atoms with Crippen molar-refractivity contribution in [3.05, 3.63) is 66.2 Å². The van der Waals surface area contributed by atoms with E-state index in [1.165, 1.54) is 12.1 Å². The summed E-state index contributed by atoms with van der Waals surface area (Å²) in [5.41, 5.74) is 1.45. The quantitative estimate of drug-likeness (QED) is 0.518. The lowest BCUT2D eigenvalue weighted by atomic mass is 10.1. The highest BCUT2D eigenvalue weighted by atomic mass is 19.1. The van der Waals surface area contributed by atoms with Gasteiger partial charge in [0.1, 0.15) is 11.6 Å². The van der Waals surface area contributed by atoms with Gasteiger partial charge in [0.15, 0.2) is 11.4 Å². The smallest absolute Gasteiger partial charge is 0.227 e. The Labute approximate surface area is 171 Å². The third-order valence-corrected chi connectivity index (χ3v) is 5.22. The number of nitrogens with zero attached hydrogens (tertiary/aromatic N) is 6. The number of aromatic nitrogens is 4. The molecule has 0 spiro atoms. The average molecular weight is 406 g/mol. The molecule has 0 saturated carbocycles. The molecule has 0 atom stereocenters. The van der Waals surface area contributed by atoms with Crippen LogP contribution >= 0.6 is 0 Å². The first-order valence-electron chi connectivity index (χ1n) is 9.71. The van der Waals surface area contributed by atoms with Crippen molar-refractivity contribution in [3.63, 3.8) is 0 Å². The van der Waals surface area contributed by atoms with Crippen LogP contribution in [0, 0.1) is 5.82 Å². The van der Waals surface area contributed by atoms with E-state index in [1.807, 2.05) is 23.1 Å². The van der Waals surface area contributed by atoms with Crippen molar-refractivity contribution in [2.45, 2.75) is 6.42 Å². The molecule has 8 nitrogen and oxygen atoms in total. The lowest BCUT2D eigenvalue weighted by Gasteiger charge is -2.35. The zero-order chi connectivity index (χ0) is 20.5. The van der Waals surface area contributed by atoms with E-state index in [1.54, 1.807) is 29.0 Å². The Morgan fingerprint density at radius 3 is 2.53 bits per heavy atom. The first-order valence-corrected chi connectivity index (χ1v) is 9.71. The van der Waals surface area contributed by atoms with E-state index in [0.717, 1.165) is 11.4 Å². The van der Waals surface area contributed by atoms with E-state index in [4.69, 9.17) is 4.42 Å². The largest absolute Gasteiger partial charge is 0.461 e. The highest BCUT2D eigenvalue weighted by Gasteiger charge is 2.23. The maximum Gasteiger partial charge on any atom is 0.227 e. The predicted molar refractivity (Wildman–Crippen MR) is 107 cm³/mol. The van der Waals surface area contributed by atoms with Gasteiger partial charge < -0.3 is 14.2 Å². The normalized spacial score (nSPS) is 14.4. The van der Waals surface area contributed by atoms with Crippen molar-refractivity contribution in [2.75, 3.05) is 31.1 Å². The van der Waals surface area contributed by atoms with Crippen molar-refractivity contribution < 1.29 is 13.6 Å². The summed E-state index contributed by atoms with van der Waals surface area (Å²) < 4.78 is 20.1. The number of piperazine rings is 1. The number of benzene rings is 1. The highest BCUT2D eigenvalue weighted by Crippen LogP contribution is 2.21. The minimum atomic E-state index is -0.299. The summed E-state index contributed by atoms with van der Waals surface area (Å²) in [7, 11) is 0. The van der Waals surface area contributed by atoms with Gasteiger partial charge in [-0.2, -0.15) is 4.52 Å². The van der Waals surface area contributed by atoms with Crippen LogP contribution in [0.1, 0.15) is 5.56 Å². The molecule has 3 aromatic heterocycles. The van der Waals surface area contributed by atoms with Gasteiger partial charge in [0, 0.05) is 26.2 Å². The second-order valence-corrected chi connectivity index (χ2v) is 7.13. The summed E-state index contributed by atoms with van der Waals surface area (Å²) >= 11 is 0. The standard InChI is InChI=1S/C21H19FN6O2/c22-16-5-3-15(4-6-16)14-20(29)27-11-9-26(10-12-27)19-8-7-18-23-24-21(28(18)25-19)17-2-1-13-30-17/h1-8,13H,9-12,14H2. The molecule has 1 amide bonds. The number of fused-ring (bicyclic) bond motifs is 1. The number of amides is 1. The molecule has 1 saturated heterocycles. The number of anilines is 1. The molecular weight excluding hydrogens is 387 g/mol. The minimum absolute atomic E-state index is 0.0450. The predicted octanol–water partition coefficient (Wildman–Crippen LogP) is 2.41. The topological polar surface area (TPSA) is 79.8 Å². The molecule has 0 radical (unpaired) electrons. The lowest BCUT2D eigenvalue weighted by molar-refractivity contribution is -0.130. The average Bonchev–Trinajstić information content (AvgIpc) is 3.44. The van der Waals surface area contributed by atoms with Gasteiger partial charge in [0.05, 0.1) is 12.7 Å². The van der Waals surface area contributed by atoms with E-state index in [9.17, 15) is 9.18 Å². The van der Waals surface area contributed by atoms with Gasteiger partial charge in [-0.25, -0.2) is 4.39 Å². The highest BCUT2D eigenvalue weighted by molar-refractivity contribution is 5.79. The number of hydrogen-bond donors (Lipinski definition) is 0. The molecule has 9 heteroatoms. The van der Waals surface area contributed by atoms with Crippen molar-refractivity contribution >= 4 is 17.4 Å². The van der Waals surface area contributed by atoms with Gasteiger partial charge in [0.2, 0.25) is 11.7 Å². The SMILES string of the molecule is O=C(Cc1ccc(F)cc1)N1CCN(c2ccc3nnc(-c4ccco4)n3n2)CC1. The Morgan fingerprint density at radius 1 is 1.00 bits per heavy atom. The van der Waals surface area contributed by atoms with Crippen molar-refractivity contribution in [2.24, 2.45) is 0 Å². The molecule has 1 aliphatic heterocycles. The first kappa shape index (κ1) is 18.3. The molecular formula is C21H19FN6O2. The Kier molecular flexibility index (Phi) is 4.62. The van der Waals surface area contributed by atoms with Crippen LogP contribution in [0.3, 0.4) is 0 Å². The van der Waals surface area contributed by atoms with Gasteiger partial charge in [-0.1, -0.05) is 12.1 Å². The number of carbonyl (C=O) groups excluding carboxylic acids is 1. The van der Waals surface area contributed by atoms with Gasteiger partial charge in [-0.05, 0) is 42.0 Å². The first-order chi connectivity index (χ1) is 14.7. The molecule has 1 aromatic carbocycles. The molecule has 0 aliphatic carbocycles. The second-order valence-electron chi connectivity index (χ2n) is 7.13. The molecule has 4 heterocycles. The van der Waals surface area contributed by atoms with Crippen molar-refractivity contribution in [1.82, 2.24) is 24.7 Å².